The zero-order valence-corrected chi connectivity index (χ0v) is 9.48. The van der Waals surface area contributed by atoms with Crippen LogP contribution in [0.25, 0.3) is 10.4 Å². The van der Waals surface area contributed by atoms with Crippen molar-refractivity contribution in [1.29, 1.82) is 0 Å². The van der Waals surface area contributed by atoms with Crippen molar-refractivity contribution in [1.82, 2.24) is 0 Å². The number of nitrogens with zero attached hydrogens (tertiary/aromatic N) is 3. The second-order valence-corrected chi connectivity index (χ2v) is 3.41. The Bertz CT molecular complexity index is 539. The fourth-order valence-electron chi connectivity index (χ4n) is 1.06. The summed E-state index contributed by atoms with van der Waals surface area (Å²) in [7, 11) is 0. The molecule has 0 aromatic heterocycles. The fraction of sp³-hybridized carbons (Fsp3) is 0.182. The molecular formula is C11H8ClN3O2. The van der Waals surface area contributed by atoms with E-state index in [4.69, 9.17) is 22.2 Å². The average molecular weight is 250 g/mol. The molecule has 17 heavy (non-hydrogen) atoms. The van der Waals surface area contributed by atoms with Gasteiger partial charge in [0.05, 0.1) is 10.6 Å². The van der Waals surface area contributed by atoms with Crippen LogP contribution < -0.4 is 0 Å². The molecule has 0 saturated carbocycles. The third-order valence-electron chi connectivity index (χ3n) is 1.84. The zero-order chi connectivity index (χ0) is 12.7. The molecule has 5 nitrogen and oxygen atoms in total. The van der Waals surface area contributed by atoms with Gasteiger partial charge in [0.1, 0.15) is 0 Å². The van der Waals surface area contributed by atoms with E-state index in [1.807, 2.05) is 0 Å². The van der Waals surface area contributed by atoms with E-state index in [1.54, 1.807) is 6.07 Å². The molecule has 0 atom stereocenters. The normalized spacial score (nSPS) is 8.76. The van der Waals surface area contributed by atoms with Gasteiger partial charge < -0.3 is 5.11 Å². The molecule has 1 N–H and O–H groups in total. The maximum atomic E-state index is 10.7. The molecule has 0 aliphatic heterocycles. The number of halogens is 1. The van der Waals surface area contributed by atoms with Gasteiger partial charge in [-0.15, -0.1) is 0 Å². The first-order valence-electron chi connectivity index (χ1n) is 4.67. The number of carboxylic acid groups (broad SMARTS) is 1. The Morgan fingerprint density at radius 2 is 2.35 bits per heavy atom. The van der Waals surface area contributed by atoms with Gasteiger partial charge in [-0.1, -0.05) is 28.6 Å². The molecule has 0 radical (unpaired) electrons. The van der Waals surface area contributed by atoms with Crippen molar-refractivity contribution in [3.63, 3.8) is 0 Å². The molecule has 1 aromatic carbocycles. The van der Waals surface area contributed by atoms with E-state index in [1.165, 1.54) is 12.1 Å². The van der Waals surface area contributed by atoms with Gasteiger partial charge in [-0.3, -0.25) is 0 Å². The minimum atomic E-state index is -1.03. The van der Waals surface area contributed by atoms with Crippen LogP contribution in [0, 0.1) is 11.8 Å². The monoisotopic (exact) mass is 249 g/mol. The van der Waals surface area contributed by atoms with Crippen molar-refractivity contribution in [2.45, 2.75) is 6.42 Å². The lowest BCUT2D eigenvalue weighted by atomic mass is 10.1. The molecule has 0 heterocycles. The van der Waals surface area contributed by atoms with Gasteiger partial charge in [0.2, 0.25) is 0 Å². The molecule has 0 aliphatic rings. The zero-order valence-electron chi connectivity index (χ0n) is 8.72. The van der Waals surface area contributed by atoms with Crippen molar-refractivity contribution < 1.29 is 9.90 Å². The highest BCUT2D eigenvalue weighted by molar-refractivity contribution is 6.32. The summed E-state index contributed by atoms with van der Waals surface area (Å²) in [6.07, 6.45) is 0.432. The first kappa shape index (κ1) is 12.9. The summed E-state index contributed by atoms with van der Waals surface area (Å²) in [5.41, 5.74) is 8.72. The number of benzene rings is 1. The first-order valence-corrected chi connectivity index (χ1v) is 5.05. The van der Waals surface area contributed by atoms with Gasteiger partial charge in [0.25, 0.3) is 0 Å². The number of azide groups is 1. The first-order chi connectivity index (χ1) is 8.15. The van der Waals surface area contributed by atoms with Crippen LogP contribution in [0.4, 0.5) is 0 Å². The van der Waals surface area contributed by atoms with Crippen LogP contribution >= 0.6 is 11.6 Å². The van der Waals surface area contributed by atoms with E-state index in [2.05, 4.69) is 21.9 Å². The number of aromatic carboxylic acids is 1. The largest absolute Gasteiger partial charge is 0.478 e. The Morgan fingerprint density at radius 1 is 1.59 bits per heavy atom. The second kappa shape index (κ2) is 6.44. The van der Waals surface area contributed by atoms with Gasteiger partial charge >= 0.3 is 5.97 Å². The number of hydrogen-bond acceptors (Lipinski definition) is 2. The van der Waals surface area contributed by atoms with E-state index in [-0.39, 0.29) is 5.56 Å². The van der Waals surface area contributed by atoms with E-state index in [0.29, 0.717) is 23.6 Å². The van der Waals surface area contributed by atoms with Crippen LogP contribution in [-0.2, 0) is 0 Å². The number of rotatable bonds is 3. The molecule has 0 amide bonds. The van der Waals surface area contributed by atoms with Crippen LogP contribution in [0.1, 0.15) is 22.3 Å². The maximum Gasteiger partial charge on any atom is 0.335 e. The van der Waals surface area contributed by atoms with E-state index in [9.17, 15) is 4.79 Å². The Balaban J connectivity index is 2.78. The van der Waals surface area contributed by atoms with E-state index >= 15 is 0 Å². The van der Waals surface area contributed by atoms with Crippen molar-refractivity contribution in [3.8, 4) is 11.8 Å². The highest BCUT2D eigenvalue weighted by Crippen LogP contribution is 2.16. The summed E-state index contributed by atoms with van der Waals surface area (Å²) in [6.45, 7) is 0.300. The van der Waals surface area contributed by atoms with Crippen molar-refractivity contribution in [2.75, 3.05) is 6.54 Å². The molecule has 0 unspecified atom stereocenters. The van der Waals surface area contributed by atoms with E-state index < -0.39 is 5.97 Å². The minimum absolute atomic E-state index is 0.120. The summed E-state index contributed by atoms with van der Waals surface area (Å²) in [5, 5.41) is 12.4. The summed E-state index contributed by atoms with van der Waals surface area (Å²) in [5.74, 6) is 4.53. The Morgan fingerprint density at radius 3 is 2.94 bits per heavy atom. The standard InChI is InChI=1S/C11H8ClN3O2/c12-10-7-9(11(16)17)5-4-8(10)3-1-2-6-14-15-13/h4-5,7H,2,6H2,(H,16,17). The number of hydrogen-bond donors (Lipinski definition) is 1. The Labute approximate surface area is 103 Å². The fourth-order valence-corrected chi connectivity index (χ4v) is 1.29. The minimum Gasteiger partial charge on any atom is -0.478 e. The SMILES string of the molecule is [N-]=[N+]=NCCC#Cc1ccc(C(=O)O)cc1Cl. The van der Waals surface area contributed by atoms with Crippen molar-refractivity contribution in [2.24, 2.45) is 5.11 Å². The van der Waals surface area contributed by atoms with Crippen LogP contribution in [0.5, 0.6) is 0 Å². The lowest BCUT2D eigenvalue weighted by molar-refractivity contribution is 0.0697. The Hall–Kier alpha value is -2.15. The van der Waals surface area contributed by atoms with Crippen molar-refractivity contribution in [3.05, 3.63) is 44.8 Å². The smallest absolute Gasteiger partial charge is 0.335 e. The van der Waals surface area contributed by atoms with Gasteiger partial charge in [-0.2, -0.15) is 0 Å². The maximum absolute atomic E-state index is 10.7. The summed E-state index contributed by atoms with van der Waals surface area (Å²) < 4.78 is 0. The Kier molecular flexibility index (Phi) is 4.89. The molecule has 6 heteroatoms. The number of carbonyl (C=O) groups is 1. The predicted octanol–water partition coefficient (Wildman–Crippen LogP) is 3.09. The molecule has 0 bridgehead atoms. The molecule has 1 aromatic rings. The van der Waals surface area contributed by atoms with Crippen LogP contribution in [-0.4, -0.2) is 17.6 Å². The van der Waals surface area contributed by atoms with Crippen LogP contribution in [0.2, 0.25) is 5.02 Å². The van der Waals surface area contributed by atoms with Gasteiger partial charge in [0, 0.05) is 23.4 Å². The summed E-state index contributed by atoms with van der Waals surface area (Å²) in [6, 6.07) is 4.33. The number of carboxylic acids is 1. The molecular weight excluding hydrogens is 242 g/mol. The van der Waals surface area contributed by atoms with Crippen molar-refractivity contribution >= 4 is 17.6 Å². The molecule has 0 spiro atoms. The van der Waals surface area contributed by atoms with E-state index in [0.717, 1.165) is 0 Å². The quantitative estimate of drug-likeness (QED) is 0.293. The third kappa shape index (κ3) is 4.07. The second-order valence-electron chi connectivity index (χ2n) is 3.01. The molecule has 1 rings (SSSR count). The lowest BCUT2D eigenvalue weighted by Gasteiger charge is -1.97. The van der Waals surface area contributed by atoms with Gasteiger partial charge in [-0.05, 0) is 23.7 Å². The summed E-state index contributed by atoms with van der Waals surface area (Å²) in [4.78, 5) is 13.3. The predicted molar refractivity (Wildman–Crippen MR) is 63.9 cm³/mol. The molecule has 0 saturated heterocycles. The highest BCUT2D eigenvalue weighted by atomic mass is 35.5. The average Bonchev–Trinajstić information content (AvgIpc) is 2.30. The highest BCUT2D eigenvalue weighted by Gasteiger charge is 2.04. The molecule has 0 fully saturated rings. The summed E-state index contributed by atoms with van der Waals surface area (Å²) >= 11 is 5.87. The topological polar surface area (TPSA) is 86.1 Å². The molecule has 86 valence electrons. The molecule has 0 aliphatic carbocycles. The van der Waals surface area contributed by atoms with Gasteiger partial charge in [-0.25, -0.2) is 4.79 Å². The lowest BCUT2D eigenvalue weighted by Crippen LogP contribution is -1.95. The van der Waals surface area contributed by atoms with Crippen LogP contribution in [0.15, 0.2) is 23.3 Å². The van der Waals surface area contributed by atoms with Crippen LogP contribution in [0.3, 0.4) is 0 Å². The third-order valence-corrected chi connectivity index (χ3v) is 2.15. The van der Waals surface area contributed by atoms with Gasteiger partial charge in [0.15, 0.2) is 0 Å².